The van der Waals surface area contributed by atoms with Crippen molar-refractivity contribution in [2.75, 3.05) is 5.32 Å². The van der Waals surface area contributed by atoms with Crippen LogP contribution in [-0.2, 0) is 6.54 Å². The number of anilines is 1. The fourth-order valence-corrected chi connectivity index (χ4v) is 1.34. The molecule has 3 nitrogen and oxygen atoms in total. The van der Waals surface area contributed by atoms with Crippen molar-refractivity contribution in [2.24, 2.45) is 5.92 Å². The summed E-state index contributed by atoms with van der Waals surface area (Å²) in [5, 5.41) is 7.82. The van der Waals surface area contributed by atoms with Gasteiger partial charge in [-0.05, 0) is 19.3 Å². The van der Waals surface area contributed by atoms with Gasteiger partial charge in [0.2, 0.25) is 0 Å². The van der Waals surface area contributed by atoms with Crippen molar-refractivity contribution in [3.63, 3.8) is 0 Å². The van der Waals surface area contributed by atoms with Gasteiger partial charge in [-0.2, -0.15) is 5.10 Å². The van der Waals surface area contributed by atoms with Crippen LogP contribution >= 0.6 is 0 Å². The maximum absolute atomic E-state index is 4.32. The Morgan fingerprint density at radius 1 is 1.40 bits per heavy atom. The third-order valence-corrected chi connectivity index (χ3v) is 2.82. The van der Waals surface area contributed by atoms with Gasteiger partial charge < -0.3 is 5.32 Å². The van der Waals surface area contributed by atoms with E-state index in [9.17, 15) is 0 Å². The minimum Gasteiger partial charge on any atom is -0.368 e. The second-order valence-electron chi connectivity index (χ2n) is 4.47. The zero-order valence-corrected chi connectivity index (χ0v) is 10.3. The van der Waals surface area contributed by atoms with Gasteiger partial charge in [-0.1, -0.05) is 27.2 Å². The number of unbranched alkanes of at least 4 members (excludes halogenated alkanes) is 1. The lowest BCUT2D eigenvalue weighted by atomic mass is 10.1. The molecule has 3 heteroatoms. The molecule has 0 spiro atoms. The Kier molecular flexibility index (Phi) is 4.66. The highest BCUT2D eigenvalue weighted by Gasteiger charge is 2.09. The fourth-order valence-electron chi connectivity index (χ4n) is 1.34. The second kappa shape index (κ2) is 5.79. The van der Waals surface area contributed by atoms with Crippen LogP contribution in [0.25, 0.3) is 0 Å². The first kappa shape index (κ1) is 12.1. The van der Waals surface area contributed by atoms with Crippen LogP contribution in [0.2, 0.25) is 0 Å². The fraction of sp³-hybridized carbons (Fsp3) is 0.750. The van der Waals surface area contributed by atoms with Crippen LogP contribution < -0.4 is 5.32 Å². The number of hydrogen-bond acceptors (Lipinski definition) is 2. The van der Waals surface area contributed by atoms with Crippen molar-refractivity contribution in [2.45, 2.75) is 53.1 Å². The molecule has 0 amide bonds. The Bertz CT molecular complexity index is 278. The van der Waals surface area contributed by atoms with Crippen LogP contribution in [0.15, 0.2) is 12.3 Å². The zero-order chi connectivity index (χ0) is 11.3. The molecule has 0 aliphatic carbocycles. The third kappa shape index (κ3) is 3.57. The number of hydrogen-bond donors (Lipinski definition) is 1. The molecule has 15 heavy (non-hydrogen) atoms. The summed E-state index contributed by atoms with van der Waals surface area (Å²) in [4.78, 5) is 0. The van der Waals surface area contributed by atoms with E-state index < -0.39 is 0 Å². The lowest BCUT2D eigenvalue weighted by Crippen LogP contribution is -2.23. The van der Waals surface area contributed by atoms with Gasteiger partial charge in [0.25, 0.3) is 0 Å². The van der Waals surface area contributed by atoms with Crippen molar-refractivity contribution < 1.29 is 0 Å². The average molecular weight is 209 g/mol. The molecule has 86 valence electrons. The zero-order valence-electron chi connectivity index (χ0n) is 10.3. The van der Waals surface area contributed by atoms with E-state index in [-0.39, 0.29) is 0 Å². The molecular weight excluding hydrogens is 186 g/mol. The summed E-state index contributed by atoms with van der Waals surface area (Å²) < 4.78 is 2.06. The standard InChI is InChI=1S/C12H23N3/c1-5-6-9-15-12(7-8-13-15)14-11(4)10(2)3/h7-8,10-11,14H,5-6,9H2,1-4H3. The molecule has 0 aromatic carbocycles. The highest BCUT2D eigenvalue weighted by molar-refractivity contribution is 5.35. The summed E-state index contributed by atoms with van der Waals surface area (Å²) in [6.07, 6.45) is 4.26. The number of aromatic nitrogens is 2. The molecule has 0 fully saturated rings. The molecule has 1 N–H and O–H groups in total. The summed E-state index contributed by atoms with van der Waals surface area (Å²) in [5.41, 5.74) is 0. The van der Waals surface area contributed by atoms with Crippen LogP contribution in [0.1, 0.15) is 40.5 Å². The van der Waals surface area contributed by atoms with E-state index in [2.05, 4.69) is 48.9 Å². The Morgan fingerprint density at radius 2 is 2.13 bits per heavy atom. The van der Waals surface area contributed by atoms with E-state index >= 15 is 0 Å². The number of aryl methyl sites for hydroxylation is 1. The monoisotopic (exact) mass is 209 g/mol. The minimum absolute atomic E-state index is 0.488. The molecule has 0 saturated heterocycles. The Labute approximate surface area is 92.9 Å². The van der Waals surface area contributed by atoms with Crippen LogP contribution in [0.3, 0.4) is 0 Å². The Balaban J connectivity index is 2.56. The van der Waals surface area contributed by atoms with Crippen molar-refractivity contribution in [3.8, 4) is 0 Å². The van der Waals surface area contributed by atoms with E-state index in [0.29, 0.717) is 12.0 Å². The number of nitrogens with one attached hydrogen (secondary N) is 1. The Morgan fingerprint density at radius 3 is 2.73 bits per heavy atom. The molecule has 1 unspecified atom stereocenters. The smallest absolute Gasteiger partial charge is 0.124 e. The quantitative estimate of drug-likeness (QED) is 0.780. The van der Waals surface area contributed by atoms with Gasteiger partial charge in [-0.3, -0.25) is 0 Å². The first-order valence-electron chi connectivity index (χ1n) is 5.93. The average Bonchev–Trinajstić information content (AvgIpc) is 2.62. The molecule has 1 aromatic heterocycles. The SMILES string of the molecule is CCCCn1nccc1NC(C)C(C)C. The molecule has 1 atom stereocenters. The van der Waals surface area contributed by atoms with Gasteiger partial charge in [0.1, 0.15) is 5.82 Å². The van der Waals surface area contributed by atoms with Crippen molar-refractivity contribution in [1.29, 1.82) is 0 Å². The van der Waals surface area contributed by atoms with Crippen molar-refractivity contribution in [3.05, 3.63) is 12.3 Å². The number of nitrogens with zero attached hydrogens (tertiary/aromatic N) is 2. The van der Waals surface area contributed by atoms with Gasteiger partial charge in [0.05, 0.1) is 6.20 Å². The predicted molar refractivity (Wildman–Crippen MR) is 65.1 cm³/mol. The molecule has 0 bridgehead atoms. The largest absolute Gasteiger partial charge is 0.368 e. The van der Waals surface area contributed by atoms with E-state index in [1.165, 1.54) is 12.8 Å². The molecule has 0 saturated carbocycles. The van der Waals surface area contributed by atoms with E-state index in [0.717, 1.165) is 12.4 Å². The second-order valence-corrected chi connectivity index (χ2v) is 4.47. The van der Waals surface area contributed by atoms with Crippen LogP contribution in [0.5, 0.6) is 0 Å². The predicted octanol–water partition coefficient (Wildman–Crippen LogP) is 3.14. The molecule has 1 heterocycles. The van der Waals surface area contributed by atoms with Gasteiger partial charge in [-0.25, -0.2) is 4.68 Å². The van der Waals surface area contributed by atoms with E-state index in [4.69, 9.17) is 0 Å². The third-order valence-electron chi connectivity index (χ3n) is 2.82. The highest BCUT2D eigenvalue weighted by Crippen LogP contribution is 2.12. The van der Waals surface area contributed by atoms with Crippen molar-refractivity contribution >= 4 is 5.82 Å². The molecule has 0 radical (unpaired) electrons. The topological polar surface area (TPSA) is 29.9 Å². The molecule has 0 aliphatic rings. The van der Waals surface area contributed by atoms with Gasteiger partial charge in [-0.15, -0.1) is 0 Å². The van der Waals surface area contributed by atoms with Crippen molar-refractivity contribution in [1.82, 2.24) is 9.78 Å². The van der Waals surface area contributed by atoms with Crippen LogP contribution in [0, 0.1) is 5.92 Å². The first-order chi connectivity index (χ1) is 7.15. The van der Waals surface area contributed by atoms with Gasteiger partial charge >= 0.3 is 0 Å². The first-order valence-corrected chi connectivity index (χ1v) is 5.93. The number of rotatable bonds is 6. The summed E-state index contributed by atoms with van der Waals surface area (Å²) in [6, 6.07) is 2.54. The maximum Gasteiger partial charge on any atom is 0.124 e. The van der Waals surface area contributed by atoms with E-state index in [1.54, 1.807) is 0 Å². The maximum atomic E-state index is 4.32. The normalized spacial score (nSPS) is 13.1. The van der Waals surface area contributed by atoms with E-state index in [1.807, 2.05) is 6.20 Å². The summed E-state index contributed by atoms with van der Waals surface area (Å²) in [7, 11) is 0. The molecule has 0 aliphatic heterocycles. The van der Waals surface area contributed by atoms with Gasteiger partial charge in [0.15, 0.2) is 0 Å². The van der Waals surface area contributed by atoms with Gasteiger partial charge in [0, 0.05) is 18.7 Å². The lowest BCUT2D eigenvalue weighted by molar-refractivity contribution is 0.536. The lowest BCUT2D eigenvalue weighted by Gasteiger charge is -2.19. The summed E-state index contributed by atoms with van der Waals surface area (Å²) >= 11 is 0. The minimum atomic E-state index is 0.488. The van der Waals surface area contributed by atoms with Crippen LogP contribution in [-0.4, -0.2) is 15.8 Å². The summed E-state index contributed by atoms with van der Waals surface area (Å²) in [6.45, 7) is 9.88. The Hall–Kier alpha value is -0.990. The molecule has 1 rings (SSSR count). The molecular formula is C12H23N3. The summed E-state index contributed by atoms with van der Waals surface area (Å²) in [5.74, 6) is 1.78. The van der Waals surface area contributed by atoms with Crippen LogP contribution in [0.4, 0.5) is 5.82 Å². The highest BCUT2D eigenvalue weighted by atomic mass is 15.3. The molecule has 1 aromatic rings.